The number of piperazine rings is 1. The molecule has 2 atom stereocenters. The monoisotopic (exact) mass is 517 g/mol. The average Bonchev–Trinajstić information content (AvgIpc) is 3.38. The summed E-state index contributed by atoms with van der Waals surface area (Å²) >= 11 is 7.83. The van der Waals surface area contributed by atoms with Crippen molar-refractivity contribution >= 4 is 40.6 Å². The Labute approximate surface area is 211 Å². The van der Waals surface area contributed by atoms with Crippen LogP contribution in [0.5, 0.6) is 0 Å². The highest BCUT2D eigenvalue weighted by atomic mass is 35.5. The molecule has 11 heteroatoms. The molecule has 0 radical (unpaired) electrons. The summed E-state index contributed by atoms with van der Waals surface area (Å²) in [6.45, 7) is 2.50. The maximum absolute atomic E-state index is 13.8. The number of aliphatic imine (C=N–C) groups is 1. The molecule has 2 aromatic rings. The second-order valence-electron chi connectivity index (χ2n) is 8.76. The summed E-state index contributed by atoms with van der Waals surface area (Å²) in [7, 11) is 1.32. The van der Waals surface area contributed by atoms with Crippen molar-refractivity contribution in [3.63, 3.8) is 0 Å². The summed E-state index contributed by atoms with van der Waals surface area (Å²) in [6, 6.07) is 3.44. The molecular formula is C24H25ClFN5O3S. The number of ether oxygens (including phenoxy) is 1. The molecule has 5 rings (SSSR count). The van der Waals surface area contributed by atoms with Crippen molar-refractivity contribution in [3.05, 3.63) is 62.5 Å². The number of nitrogens with zero attached hydrogens (tertiary/aromatic N) is 4. The van der Waals surface area contributed by atoms with E-state index < -0.39 is 17.8 Å². The maximum atomic E-state index is 13.8. The van der Waals surface area contributed by atoms with E-state index in [-0.39, 0.29) is 17.0 Å². The Morgan fingerprint density at radius 2 is 2.23 bits per heavy atom. The summed E-state index contributed by atoms with van der Waals surface area (Å²) in [5, 5.41) is 6.00. The summed E-state index contributed by atoms with van der Waals surface area (Å²) in [6.07, 6.45) is 4.17. The van der Waals surface area contributed by atoms with Gasteiger partial charge < -0.3 is 15.0 Å². The first-order valence-corrected chi connectivity index (χ1v) is 12.7. The molecule has 35 heavy (non-hydrogen) atoms. The number of piperidine rings is 1. The number of nitrogens with one attached hydrogen (secondary N) is 1. The van der Waals surface area contributed by atoms with Gasteiger partial charge in [0.2, 0.25) is 5.91 Å². The number of halogens is 2. The number of aromatic nitrogens is 1. The van der Waals surface area contributed by atoms with Crippen LogP contribution >= 0.6 is 22.9 Å². The number of hydrogen-bond acceptors (Lipinski definition) is 8. The van der Waals surface area contributed by atoms with Crippen LogP contribution in [-0.4, -0.2) is 71.8 Å². The number of hydrogen-bond donors (Lipinski definition) is 1. The minimum atomic E-state index is -0.789. The molecular weight excluding hydrogens is 493 g/mol. The van der Waals surface area contributed by atoms with Crippen molar-refractivity contribution in [1.82, 2.24) is 20.1 Å². The van der Waals surface area contributed by atoms with Crippen molar-refractivity contribution in [1.29, 1.82) is 0 Å². The predicted molar refractivity (Wildman–Crippen MR) is 131 cm³/mol. The number of methoxy groups -OCH3 is 1. The predicted octanol–water partition coefficient (Wildman–Crippen LogP) is 3.15. The summed E-state index contributed by atoms with van der Waals surface area (Å²) < 4.78 is 18.9. The molecule has 1 amide bonds. The Kier molecular flexibility index (Phi) is 6.86. The van der Waals surface area contributed by atoms with Crippen LogP contribution in [0, 0.1) is 5.82 Å². The van der Waals surface area contributed by atoms with E-state index in [1.54, 1.807) is 12.3 Å². The summed E-state index contributed by atoms with van der Waals surface area (Å²) in [4.78, 5) is 38.7. The maximum Gasteiger partial charge on any atom is 0.338 e. The van der Waals surface area contributed by atoms with Gasteiger partial charge in [-0.3, -0.25) is 14.7 Å². The molecule has 1 unspecified atom stereocenters. The molecule has 1 N–H and O–H groups in total. The van der Waals surface area contributed by atoms with Gasteiger partial charge in [0.15, 0.2) is 10.8 Å². The number of rotatable bonds is 5. The van der Waals surface area contributed by atoms with E-state index in [1.807, 2.05) is 10.3 Å². The number of thiazole rings is 1. The smallest absolute Gasteiger partial charge is 0.338 e. The highest BCUT2D eigenvalue weighted by Crippen LogP contribution is 2.37. The molecule has 8 nitrogen and oxygen atoms in total. The standard InChI is InChI=1S/C24H25ClFN5O3S/c1-34-24(33)20-18(13-30-8-9-31-15(12-30)3-2-4-19(31)32)28-22(23-27-7-10-35-23)29-21(20)16-6-5-14(26)11-17(16)25/h5-7,10-11,15,21H,2-4,8-9,12-13H2,1H3,(H,28,29)/t15?,21-/m0/s1. The van der Waals surface area contributed by atoms with Crippen molar-refractivity contribution in [3.8, 4) is 0 Å². The molecule has 0 spiro atoms. The van der Waals surface area contributed by atoms with Crippen LogP contribution in [0.1, 0.15) is 35.9 Å². The SMILES string of the molecule is COC(=O)C1=C(CN2CCN3C(=O)CCCC3C2)NC(c2nccs2)=N[C@H]1c1ccc(F)cc1Cl. The van der Waals surface area contributed by atoms with Crippen molar-refractivity contribution in [2.45, 2.75) is 31.3 Å². The van der Waals surface area contributed by atoms with Gasteiger partial charge in [0.05, 0.1) is 12.7 Å². The largest absolute Gasteiger partial charge is 0.466 e. The number of fused-ring (bicyclic) bond motifs is 1. The zero-order valence-electron chi connectivity index (χ0n) is 19.2. The third kappa shape index (κ3) is 4.82. The number of benzene rings is 1. The number of carbonyl (C=O) groups is 2. The molecule has 0 saturated carbocycles. The molecule has 1 aromatic carbocycles. The zero-order valence-corrected chi connectivity index (χ0v) is 20.7. The van der Waals surface area contributed by atoms with E-state index in [4.69, 9.17) is 21.3 Å². The molecule has 2 saturated heterocycles. The molecule has 2 fully saturated rings. The second-order valence-corrected chi connectivity index (χ2v) is 10.1. The van der Waals surface area contributed by atoms with Gasteiger partial charge in [-0.25, -0.2) is 14.2 Å². The second kappa shape index (κ2) is 10.0. The first-order chi connectivity index (χ1) is 16.9. The lowest BCUT2D eigenvalue weighted by Crippen LogP contribution is -2.57. The van der Waals surface area contributed by atoms with E-state index in [9.17, 15) is 14.0 Å². The molecule has 3 aliphatic heterocycles. The van der Waals surface area contributed by atoms with Gasteiger partial charge in [0, 0.05) is 66.5 Å². The van der Waals surface area contributed by atoms with E-state index >= 15 is 0 Å². The fraction of sp³-hybridized carbons (Fsp3) is 0.417. The third-order valence-electron chi connectivity index (χ3n) is 6.62. The topological polar surface area (TPSA) is 87.1 Å². The van der Waals surface area contributed by atoms with Crippen LogP contribution in [0.4, 0.5) is 4.39 Å². The van der Waals surface area contributed by atoms with Crippen LogP contribution in [0.25, 0.3) is 0 Å². The molecule has 4 heterocycles. The third-order valence-corrected chi connectivity index (χ3v) is 7.73. The van der Waals surface area contributed by atoms with Gasteiger partial charge in [-0.15, -0.1) is 11.3 Å². The van der Waals surface area contributed by atoms with Crippen molar-refractivity contribution in [2.24, 2.45) is 4.99 Å². The normalized spacial score (nSPS) is 23.0. The highest BCUT2D eigenvalue weighted by Gasteiger charge is 2.37. The van der Waals surface area contributed by atoms with E-state index in [1.165, 1.54) is 30.6 Å². The Balaban J connectivity index is 1.52. The highest BCUT2D eigenvalue weighted by molar-refractivity contribution is 7.11. The van der Waals surface area contributed by atoms with Crippen LogP contribution < -0.4 is 5.32 Å². The molecule has 0 aliphatic carbocycles. The first kappa shape index (κ1) is 23.9. The van der Waals surface area contributed by atoms with E-state index in [0.29, 0.717) is 53.7 Å². The lowest BCUT2D eigenvalue weighted by molar-refractivity contribution is -0.139. The minimum Gasteiger partial charge on any atom is -0.466 e. The molecule has 0 bridgehead atoms. The van der Waals surface area contributed by atoms with Gasteiger partial charge in [-0.05, 0) is 25.0 Å². The first-order valence-electron chi connectivity index (χ1n) is 11.5. The number of amidine groups is 1. The van der Waals surface area contributed by atoms with E-state index in [0.717, 1.165) is 19.4 Å². The molecule has 1 aromatic heterocycles. The fourth-order valence-corrected chi connectivity index (χ4v) is 5.82. The Hall–Kier alpha value is -2.82. The van der Waals surface area contributed by atoms with Gasteiger partial charge in [-0.1, -0.05) is 17.7 Å². The van der Waals surface area contributed by atoms with Gasteiger partial charge in [-0.2, -0.15) is 0 Å². The van der Waals surface area contributed by atoms with E-state index in [2.05, 4.69) is 15.2 Å². The van der Waals surface area contributed by atoms with Crippen LogP contribution in [0.3, 0.4) is 0 Å². The minimum absolute atomic E-state index is 0.171. The summed E-state index contributed by atoms with van der Waals surface area (Å²) in [5.74, 6) is -0.276. The quantitative estimate of drug-likeness (QED) is 0.613. The van der Waals surface area contributed by atoms with Crippen molar-refractivity contribution in [2.75, 3.05) is 33.3 Å². The lowest BCUT2D eigenvalue weighted by atomic mass is 9.94. The van der Waals surface area contributed by atoms with Gasteiger partial charge >= 0.3 is 5.97 Å². The van der Waals surface area contributed by atoms with Crippen LogP contribution in [0.2, 0.25) is 5.02 Å². The van der Waals surface area contributed by atoms with Crippen LogP contribution in [0.15, 0.2) is 46.0 Å². The molecule has 184 valence electrons. The number of amides is 1. The van der Waals surface area contributed by atoms with Gasteiger partial charge in [0.1, 0.15) is 11.9 Å². The Bertz CT molecular complexity index is 1200. The Morgan fingerprint density at radius 1 is 1.37 bits per heavy atom. The van der Waals surface area contributed by atoms with Gasteiger partial charge in [0.25, 0.3) is 0 Å². The van der Waals surface area contributed by atoms with Crippen LogP contribution in [-0.2, 0) is 14.3 Å². The lowest BCUT2D eigenvalue weighted by Gasteiger charge is -2.44. The number of esters is 1. The summed E-state index contributed by atoms with van der Waals surface area (Å²) in [5.41, 5.74) is 1.46. The average molecular weight is 518 g/mol. The Morgan fingerprint density at radius 3 is 2.97 bits per heavy atom. The van der Waals surface area contributed by atoms with Crippen molar-refractivity contribution < 1.29 is 18.7 Å². The molecule has 3 aliphatic rings. The zero-order chi connectivity index (χ0) is 24.5. The fourth-order valence-electron chi connectivity index (χ4n) is 4.96. The number of carbonyl (C=O) groups excluding carboxylic acids is 2.